The fourth-order valence-electron chi connectivity index (χ4n) is 4.12. The van der Waals surface area contributed by atoms with Gasteiger partial charge in [0.2, 0.25) is 5.91 Å². The molecule has 2 heterocycles. The quantitative estimate of drug-likeness (QED) is 0.373. The van der Waals surface area contributed by atoms with Gasteiger partial charge in [-0.25, -0.2) is 9.97 Å². The number of likely N-dealkylation sites (N-methyl/N-ethyl adjacent to an activating group) is 1. The number of aromatic nitrogens is 4. The highest BCUT2D eigenvalue weighted by Crippen LogP contribution is 2.27. The van der Waals surface area contributed by atoms with Crippen LogP contribution in [-0.2, 0) is 17.9 Å². The molecule has 2 aromatic heterocycles. The van der Waals surface area contributed by atoms with E-state index < -0.39 is 0 Å². The second-order valence-electron chi connectivity index (χ2n) is 8.40. The number of benzene rings is 3. The van der Waals surface area contributed by atoms with Crippen LogP contribution in [0, 0.1) is 0 Å². The molecule has 8 heteroatoms. The Labute approximate surface area is 197 Å². The molecule has 0 unspecified atom stereocenters. The van der Waals surface area contributed by atoms with Crippen LogP contribution in [0.4, 0.5) is 11.5 Å². The van der Waals surface area contributed by atoms with Crippen molar-refractivity contribution in [3.63, 3.8) is 0 Å². The Morgan fingerprint density at radius 3 is 2.71 bits per heavy atom. The van der Waals surface area contributed by atoms with Crippen molar-refractivity contribution in [1.82, 2.24) is 24.6 Å². The molecule has 5 rings (SSSR count). The van der Waals surface area contributed by atoms with Crippen molar-refractivity contribution in [2.45, 2.75) is 13.1 Å². The highest BCUT2D eigenvalue weighted by molar-refractivity contribution is 5.92. The number of hydrogen-bond donors (Lipinski definition) is 2. The number of nitrogens with two attached hydrogens (primary N) is 1. The van der Waals surface area contributed by atoms with Gasteiger partial charge in [-0.15, -0.1) is 0 Å². The lowest BCUT2D eigenvalue weighted by Gasteiger charge is -2.15. The number of primary amides is 1. The minimum absolute atomic E-state index is 0.201. The van der Waals surface area contributed by atoms with Gasteiger partial charge in [0, 0.05) is 23.0 Å². The third-order valence-electron chi connectivity index (χ3n) is 5.66. The van der Waals surface area contributed by atoms with E-state index in [-0.39, 0.29) is 12.5 Å². The average molecular weight is 452 g/mol. The van der Waals surface area contributed by atoms with Gasteiger partial charge in [0.15, 0.2) is 0 Å². The van der Waals surface area contributed by atoms with Crippen molar-refractivity contribution < 1.29 is 4.79 Å². The summed E-state index contributed by atoms with van der Waals surface area (Å²) in [5.74, 6) is 0.372. The smallest absolute Gasteiger partial charge is 0.231 e. The summed E-state index contributed by atoms with van der Waals surface area (Å²) in [5, 5.41) is 9.97. The van der Waals surface area contributed by atoms with Gasteiger partial charge in [0.25, 0.3) is 0 Å². The molecule has 3 N–H and O–H groups in total. The number of amides is 1. The molecule has 0 aliphatic rings. The van der Waals surface area contributed by atoms with E-state index in [4.69, 9.17) is 5.73 Å². The normalized spacial score (nSPS) is 11.4. The maximum atomic E-state index is 11.2. The van der Waals surface area contributed by atoms with Crippen molar-refractivity contribution in [2.24, 2.45) is 5.73 Å². The first kappa shape index (κ1) is 21.5. The molecule has 1 amide bonds. The molecular weight excluding hydrogens is 426 g/mol. The molecule has 0 aliphatic carbocycles. The number of carbonyl (C=O) groups is 1. The zero-order chi connectivity index (χ0) is 23.5. The first-order chi connectivity index (χ1) is 16.5. The lowest BCUT2D eigenvalue weighted by molar-refractivity contribution is -0.118. The van der Waals surface area contributed by atoms with Crippen LogP contribution in [0.5, 0.6) is 0 Å². The van der Waals surface area contributed by atoms with Gasteiger partial charge in [-0.2, -0.15) is 5.10 Å². The molecule has 0 atom stereocenters. The summed E-state index contributed by atoms with van der Waals surface area (Å²) in [6.07, 6.45) is 3.44. The Morgan fingerprint density at radius 2 is 1.88 bits per heavy atom. The number of fused-ring (bicyclic) bond motifs is 2. The number of hydrogen-bond acceptors (Lipinski definition) is 6. The minimum Gasteiger partial charge on any atom is -0.369 e. The van der Waals surface area contributed by atoms with Crippen LogP contribution < -0.4 is 11.1 Å². The van der Waals surface area contributed by atoms with Gasteiger partial charge >= 0.3 is 0 Å². The molecule has 0 saturated carbocycles. The molecule has 34 heavy (non-hydrogen) atoms. The molecule has 0 saturated heterocycles. The molecule has 0 spiro atoms. The van der Waals surface area contributed by atoms with Crippen molar-refractivity contribution in [3.8, 4) is 0 Å². The SMILES string of the molecule is CN(CC(N)=O)Cc1ccc2ncnc(Nc3ccc4c(cnn4Cc4ccccc4)c3)c2c1. The number of nitrogens with one attached hydrogen (secondary N) is 1. The van der Waals surface area contributed by atoms with Gasteiger partial charge in [0.05, 0.1) is 30.3 Å². The maximum Gasteiger partial charge on any atom is 0.231 e. The molecule has 0 aliphatic heterocycles. The molecule has 0 radical (unpaired) electrons. The molecule has 170 valence electrons. The van der Waals surface area contributed by atoms with Gasteiger partial charge in [-0.05, 0) is 48.5 Å². The van der Waals surface area contributed by atoms with E-state index >= 15 is 0 Å². The number of nitrogens with zero attached hydrogens (tertiary/aromatic N) is 5. The van der Waals surface area contributed by atoms with E-state index in [2.05, 4.69) is 44.6 Å². The standard InChI is InChI=1S/C26H25N7O/c1-32(16-25(27)34)14-19-7-9-23-22(11-19)26(29-17-28-23)31-21-8-10-24-20(12-21)13-30-33(24)15-18-5-3-2-4-6-18/h2-13,17H,14-16H2,1H3,(H2,27,34)(H,28,29,31). The molecule has 3 aromatic carbocycles. The first-order valence-electron chi connectivity index (χ1n) is 11.0. The van der Waals surface area contributed by atoms with E-state index in [0.29, 0.717) is 6.54 Å². The summed E-state index contributed by atoms with van der Waals surface area (Å²) in [7, 11) is 1.86. The largest absolute Gasteiger partial charge is 0.369 e. The van der Waals surface area contributed by atoms with Crippen LogP contribution in [-0.4, -0.2) is 44.1 Å². The first-order valence-corrected chi connectivity index (χ1v) is 11.0. The van der Waals surface area contributed by atoms with Crippen LogP contribution in [0.1, 0.15) is 11.1 Å². The number of carbonyl (C=O) groups excluding carboxylic acids is 1. The van der Waals surface area contributed by atoms with E-state index in [1.807, 2.05) is 65.3 Å². The monoisotopic (exact) mass is 451 g/mol. The van der Waals surface area contributed by atoms with Crippen LogP contribution in [0.3, 0.4) is 0 Å². The van der Waals surface area contributed by atoms with E-state index in [1.54, 1.807) is 6.33 Å². The fourth-order valence-corrected chi connectivity index (χ4v) is 4.12. The predicted octanol–water partition coefficient (Wildman–Crippen LogP) is 3.69. The molecule has 0 bridgehead atoms. The van der Waals surface area contributed by atoms with Crippen LogP contribution >= 0.6 is 0 Å². The lowest BCUT2D eigenvalue weighted by atomic mass is 10.1. The Bertz CT molecular complexity index is 1460. The molecule has 8 nitrogen and oxygen atoms in total. The summed E-state index contributed by atoms with van der Waals surface area (Å²) in [6, 6.07) is 22.5. The van der Waals surface area contributed by atoms with Crippen LogP contribution in [0.25, 0.3) is 21.8 Å². The second kappa shape index (κ2) is 9.29. The van der Waals surface area contributed by atoms with Gasteiger partial charge in [-0.3, -0.25) is 14.4 Å². The molecular formula is C26H25N7O. The maximum absolute atomic E-state index is 11.2. The zero-order valence-electron chi connectivity index (χ0n) is 18.8. The summed E-state index contributed by atoms with van der Waals surface area (Å²) in [6.45, 7) is 1.52. The van der Waals surface area contributed by atoms with E-state index in [1.165, 1.54) is 5.56 Å². The number of rotatable bonds is 8. The summed E-state index contributed by atoms with van der Waals surface area (Å²) >= 11 is 0. The highest BCUT2D eigenvalue weighted by Gasteiger charge is 2.10. The average Bonchev–Trinajstić information content (AvgIpc) is 3.21. The van der Waals surface area contributed by atoms with Crippen molar-refractivity contribution in [2.75, 3.05) is 18.9 Å². The third kappa shape index (κ3) is 4.72. The zero-order valence-corrected chi connectivity index (χ0v) is 18.8. The van der Waals surface area contributed by atoms with E-state index in [9.17, 15) is 4.79 Å². The predicted molar refractivity (Wildman–Crippen MR) is 134 cm³/mol. The van der Waals surface area contributed by atoms with Crippen molar-refractivity contribution >= 4 is 39.2 Å². The summed E-state index contributed by atoms with van der Waals surface area (Å²) in [5.41, 5.74) is 10.4. The van der Waals surface area contributed by atoms with Gasteiger partial charge in [-0.1, -0.05) is 36.4 Å². The number of anilines is 2. The molecule has 0 fully saturated rings. The van der Waals surface area contributed by atoms with Crippen molar-refractivity contribution in [3.05, 3.63) is 90.4 Å². The third-order valence-corrected chi connectivity index (χ3v) is 5.66. The van der Waals surface area contributed by atoms with Crippen molar-refractivity contribution in [1.29, 1.82) is 0 Å². The Hall–Kier alpha value is -4.30. The second-order valence-corrected chi connectivity index (χ2v) is 8.40. The highest BCUT2D eigenvalue weighted by atomic mass is 16.1. The summed E-state index contributed by atoms with van der Waals surface area (Å²) in [4.78, 5) is 22.0. The van der Waals surface area contributed by atoms with E-state index in [0.717, 1.165) is 45.4 Å². The Balaban J connectivity index is 1.40. The Morgan fingerprint density at radius 1 is 1.03 bits per heavy atom. The lowest BCUT2D eigenvalue weighted by Crippen LogP contribution is -2.30. The van der Waals surface area contributed by atoms with Crippen LogP contribution in [0.2, 0.25) is 0 Å². The fraction of sp³-hybridized carbons (Fsp3) is 0.154. The van der Waals surface area contributed by atoms with Gasteiger partial charge < -0.3 is 11.1 Å². The van der Waals surface area contributed by atoms with Crippen LogP contribution in [0.15, 0.2) is 79.3 Å². The summed E-state index contributed by atoms with van der Waals surface area (Å²) < 4.78 is 2.00. The van der Waals surface area contributed by atoms with Gasteiger partial charge in [0.1, 0.15) is 12.1 Å². The molecule has 5 aromatic rings. The Kier molecular flexibility index (Phi) is 5.88. The topological polar surface area (TPSA) is 102 Å². The minimum atomic E-state index is -0.350.